The summed E-state index contributed by atoms with van der Waals surface area (Å²) in [5, 5.41) is 14.1. The molecule has 1 aliphatic rings. The quantitative estimate of drug-likeness (QED) is 0.451. The number of nitrogens with one attached hydrogen (secondary N) is 2. The third-order valence-electron chi connectivity index (χ3n) is 2.33. The Morgan fingerprint density at radius 1 is 1.47 bits per heavy atom. The van der Waals surface area contributed by atoms with Crippen LogP contribution in [0.2, 0.25) is 0 Å². The summed E-state index contributed by atoms with van der Waals surface area (Å²) in [6.45, 7) is -0.293. The Morgan fingerprint density at radius 3 is 3.05 bits per heavy atom. The van der Waals surface area contributed by atoms with Gasteiger partial charge in [-0.2, -0.15) is 4.99 Å². The van der Waals surface area contributed by atoms with Crippen molar-refractivity contribution >= 4 is 23.5 Å². The maximum Gasteiger partial charge on any atom is 0.322 e. The first-order chi connectivity index (χ1) is 9.16. The Hall–Kier alpha value is -2.83. The highest BCUT2D eigenvalue weighted by molar-refractivity contribution is 6.09. The van der Waals surface area contributed by atoms with Crippen LogP contribution in [0.3, 0.4) is 0 Å². The number of guanidine groups is 1. The van der Waals surface area contributed by atoms with Crippen molar-refractivity contribution in [2.75, 3.05) is 11.9 Å². The van der Waals surface area contributed by atoms with Gasteiger partial charge in [0.15, 0.2) is 11.8 Å². The molecule has 7 heteroatoms. The Morgan fingerprint density at radius 2 is 2.26 bits per heavy atom. The minimum Gasteiger partial charge on any atom is -0.480 e. The summed E-state index contributed by atoms with van der Waals surface area (Å²) in [5.41, 5.74) is 7.25. The fraction of sp³-hybridized carbons (Fsp3) is 0.0833. The normalized spacial score (nSPS) is 13.9. The van der Waals surface area contributed by atoms with E-state index < -0.39 is 5.97 Å². The van der Waals surface area contributed by atoms with Crippen LogP contribution in [0.15, 0.2) is 46.7 Å². The van der Waals surface area contributed by atoms with Crippen molar-refractivity contribution in [1.82, 2.24) is 5.32 Å². The second-order valence-electron chi connectivity index (χ2n) is 3.70. The SMILES string of the molecule is NC(=NC1=NC=CNc2ccccc21)NCC(=O)O. The lowest BCUT2D eigenvalue weighted by atomic mass is 10.1. The Bertz CT molecular complexity index is 577. The lowest BCUT2D eigenvalue weighted by molar-refractivity contribution is -0.135. The summed E-state index contributed by atoms with van der Waals surface area (Å²) in [5.74, 6) is -0.596. The average Bonchev–Trinajstić information content (AvgIpc) is 2.59. The number of carboxylic acids is 1. The zero-order chi connectivity index (χ0) is 13.7. The molecule has 0 radical (unpaired) electrons. The molecule has 2 rings (SSSR count). The molecule has 0 aliphatic carbocycles. The number of nitrogens with zero attached hydrogens (tertiary/aromatic N) is 2. The molecule has 98 valence electrons. The van der Waals surface area contributed by atoms with Crippen LogP contribution in [-0.4, -0.2) is 29.4 Å². The number of aliphatic imine (C=N–C) groups is 2. The number of amidine groups is 1. The fourth-order valence-corrected chi connectivity index (χ4v) is 1.52. The third-order valence-corrected chi connectivity index (χ3v) is 2.33. The molecule has 19 heavy (non-hydrogen) atoms. The lowest BCUT2D eigenvalue weighted by Crippen LogP contribution is -2.36. The zero-order valence-electron chi connectivity index (χ0n) is 10.00. The maximum atomic E-state index is 10.4. The summed E-state index contributed by atoms with van der Waals surface area (Å²) in [7, 11) is 0. The smallest absolute Gasteiger partial charge is 0.322 e. The van der Waals surface area contributed by atoms with E-state index in [0.29, 0.717) is 5.84 Å². The predicted octanol–water partition coefficient (Wildman–Crippen LogP) is 0.319. The van der Waals surface area contributed by atoms with Crippen LogP contribution in [0, 0.1) is 0 Å². The van der Waals surface area contributed by atoms with Crippen LogP contribution < -0.4 is 16.4 Å². The Balaban J connectivity index is 2.25. The summed E-state index contributed by atoms with van der Waals surface area (Å²) in [4.78, 5) is 18.7. The largest absolute Gasteiger partial charge is 0.480 e. The zero-order valence-corrected chi connectivity index (χ0v) is 10.00. The molecule has 5 N–H and O–H groups in total. The average molecular weight is 259 g/mol. The minimum absolute atomic E-state index is 0.00579. The van der Waals surface area contributed by atoms with E-state index in [9.17, 15) is 4.79 Å². The summed E-state index contributed by atoms with van der Waals surface area (Å²) in [6.07, 6.45) is 3.24. The van der Waals surface area contributed by atoms with E-state index in [4.69, 9.17) is 10.8 Å². The van der Waals surface area contributed by atoms with Gasteiger partial charge in [-0.3, -0.25) is 4.79 Å². The van der Waals surface area contributed by atoms with Crippen LogP contribution in [0.5, 0.6) is 0 Å². The number of fused-ring (bicyclic) bond motifs is 1. The number of benzene rings is 1. The second-order valence-corrected chi connectivity index (χ2v) is 3.70. The molecule has 0 unspecified atom stereocenters. The van der Waals surface area contributed by atoms with Gasteiger partial charge >= 0.3 is 5.97 Å². The van der Waals surface area contributed by atoms with Gasteiger partial charge in [0.25, 0.3) is 0 Å². The predicted molar refractivity (Wildman–Crippen MR) is 73.0 cm³/mol. The standard InChI is InChI=1S/C12H13N5O2/c13-12(16-7-10(18)19)17-11-8-3-1-2-4-9(8)14-5-6-15-11/h1-6,14H,7H2,(H,18,19)(H3,13,15,16,17). The van der Waals surface area contributed by atoms with Crippen LogP contribution in [-0.2, 0) is 4.79 Å². The molecule has 1 heterocycles. The number of hydrogen-bond donors (Lipinski definition) is 4. The van der Waals surface area contributed by atoms with Gasteiger partial charge < -0.3 is 21.5 Å². The van der Waals surface area contributed by atoms with Gasteiger partial charge in [-0.15, -0.1) is 0 Å². The highest BCUT2D eigenvalue weighted by atomic mass is 16.4. The number of carboxylic acid groups (broad SMARTS) is 1. The van der Waals surface area contributed by atoms with Crippen LogP contribution >= 0.6 is 0 Å². The van der Waals surface area contributed by atoms with Crippen molar-refractivity contribution < 1.29 is 9.90 Å². The minimum atomic E-state index is -1.01. The van der Waals surface area contributed by atoms with E-state index in [1.165, 1.54) is 0 Å². The number of anilines is 1. The molecule has 0 aromatic heterocycles. The first-order valence-corrected chi connectivity index (χ1v) is 5.55. The van der Waals surface area contributed by atoms with Crippen molar-refractivity contribution in [3.05, 3.63) is 42.2 Å². The molecule has 0 saturated carbocycles. The maximum absolute atomic E-state index is 10.4. The summed E-state index contributed by atoms with van der Waals surface area (Å²) in [6, 6.07) is 7.48. The van der Waals surface area contributed by atoms with Crippen molar-refractivity contribution in [3.8, 4) is 0 Å². The van der Waals surface area contributed by atoms with Crippen LogP contribution in [0.4, 0.5) is 5.69 Å². The third kappa shape index (κ3) is 3.32. The van der Waals surface area contributed by atoms with Gasteiger partial charge in [0.05, 0.1) is 0 Å². The molecule has 0 amide bonds. The molecular weight excluding hydrogens is 246 g/mol. The molecule has 0 bridgehead atoms. The van der Waals surface area contributed by atoms with E-state index in [1.807, 2.05) is 24.3 Å². The molecule has 0 fully saturated rings. The van der Waals surface area contributed by atoms with E-state index in [-0.39, 0.29) is 12.5 Å². The molecule has 1 aromatic carbocycles. The highest BCUT2D eigenvalue weighted by Crippen LogP contribution is 2.18. The Kier molecular flexibility index (Phi) is 3.77. The van der Waals surface area contributed by atoms with Crippen molar-refractivity contribution in [1.29, 1.82) is 0 Å². The summed E-state index contributed by atoms with van der Waals surface area (Å²) < 4.78 is 0. The second kappa shape index (κ2) is 5.67. The van der Waals surface area contributed by atoms with Gasteiger partial charge in [0.1, 0.15) is 6.54 Å². The number of carbonyl (C=O) groups is 1. The molecular formula is C12H13N5O2. The van der Waals surface area contributed by atoms with E-state index in [2.05, 4.69) is 20.6 Å². The van der Waals surface area contributed by atoms with Gasteiger partial charge in [-0.25, -0.2) is 4.99 Å². The van der Waals surface area contributed by atoms with Crippen LogP contribution in [0.1, 0.15) is 5.56 Å². The van der Waals surface area contributed by atoms with Gasteiger partial charge in [0.2, 0.25) is 0 Å². The van der Waals surface area contributed by atoms with Crippen LogP contribution in [0.25, 0.3) is 0 Å². The van der Waals surface area contributed by atoms with Gasteiger partial charge in [-0.05, 0) is 12.1 Å². The monoisotopic (exact) mass is 259 g/mol. The van der Waals surface area contributed by atoms with E-state index in [1.54, 1.807) is 12.4 Å². The molecule has 1 aromatic rings. The molecule has 0 spiro atoms. The molecule has 0 atom stereocenters. The van der Waals surface area contributed by atoms with Gasteiger partial charge in [0, 0.05) is 23.7 Å². The first kappa shape index (κ1) is 12.6. The van der Waals surface area contributed by atoms with E-state index >= 15 is 0 Å². The molecule has 1 aliphatic heterocycles. The number of nitrogens with two attached hydrogens (primary N) is 1. The Labute approximate surface area is 109 Å². The molecule has 7 nitrogen and oxygen atoms in total. The molecule has 0 saturated heterocycles. The fourth-order valence-electron chi connectivity index (χ4n) is 1.52. The van der Waals surface area contributed by atoms with Crippen molar-refractivity contribution in [2.45, 2.75) is 0 Å². The highest BCUT2D eigenvalue weighted by Gasteiger charge is 2.10. The van der Waals surface area contributed by atoms with E-state index in [0.717, 1.165) is 11.3 Å². The number of hydrogen-bond acceptors (Lipinski definition) is 4. The number of rotatable bonds is 2. The van der Waals surface area contributed by atoms with Crippen molar-refractivity contribution in [2.24, 2.45) is 15.7 Å². The number of para-hydroxylation sites is 1. The number of aliphatic carboxylic acids is 1. The first-order valence-electron chi connectivity index (χ1n) is 5.55. The van der Waals surface area contributed by atoms with Crippen molar-refractivity contribution in [3.63, 3.8) is 0 Å². The summed E-state index contributed by atoms with van der Waals surface area (Å²) >= 11 is 0. The topological polar surface area (TPSA) is 112 Å². The van der Waals surface area contributed by atoms with Gasteiger partial charge in [-0.1, -0.05) is 12.1 Å². The lowest BCUT2D eigenvalue weighted by Gasteiger charge is -2.07.